The molecule has 0 aromatic heterocycles. The number of benzene rings is 1. The van der Waals surface area contributed by atoms with E-state index >= 15 is 0 Å². The Hall–Kier alpha value is -0.770. The molecule has 2 rings (SSSR count). The van der Waals surface area contributed by atoms with Crippen LogP contribution in [0.2, 0.25) is 5.02 Å². The summed E-state index contributed by atoms with van der Waals surface area (Å²) in [7, 11) is 0. The van der Waals surface area contributed by atoms with Crippen LogP contribution in [0.25, 0.3) is 0 Å². The molecule has 1 unspecified atom stereocenters. The molecule has 1 atom stereocenters. The summed E-state index contributed by atoms with van der Waals surface area (Å²) < 4.78 is 5.53. The zero-order valence-electron chi connectivity index (χ0n) is 12.9. The minimum Gasteiger partial charge on any atom is -0.377 e. The molecule has 1 fully saturated rings. The normalized spacial score (nSPS) is 20.2. The second-order valence-corrected chi connectivity index (χ2v) is 6.93. The molecule has 1 aromatic rings. The number of ether oxygens (including phenoxy) is 1. The van der Waals surface area contributed by atoms with Crippen LogP contribution in [0.15, 0.2) is 18.2 Å². The SMILES string of the molecule is CC1COCCN1c1cc(Cl)ccc1CNC(C)(C)C. The molecule has 1 aromatic carbocycles. The average molecular weight is 297 g/mol. The van der Waals surface area contributed by atoms with E-state index in [2.05, 4.69) is 50.0 Å². The fraction of sp³-hybridized carbons (Fsp3) is 0.625. The first-order chi connectivity index (χ1) is 9.37. The largest absolute Gasteiger partial charge is 0.377 e. The Balaban J connectivity index is 2.23. The Labute approximate surface area is 127 Å². The molecule has 3 nitrogen and oxygen atoms in total. The van der Waals surface area contributed by atoms with E-state index in [1.54, 1.807) is 0 Å². The number of hydrogen-bond donors (Lipinski definition) is 1. The summed E-state index contributed by atoms with van der Waals surface area (Å²) in [5, 5.41) is 4.34. The fourth-order valence-electron chi connectivity index (χ4n) is 2.40. The number of nitrogens with zero attached hydrogens (tertiary/aromatic N) is 1. The molecule has 0 radical (unpaired) electrons. The van der Waals surface area contributed by atoms with E-state index in [4.69, 9.17) is 16.3 Å². The zero-order valence-corrected chi connectivity index (χ0v) is 13.6. The quantitative estimate of drug-likeness (QED) is 0.924. The predicted molar refractivity (Wildman–Crippen MR) is 85.7 cm³/mol. The van der Waals surface area contributed by atoms with Gasteiger partial charge in [-0.2, -0.15) is 0 Å². The molecule has 1 saturated heterocycles. The number of nitrogens with one attached hydrogen (secondary N) is 1. The molecule has 20 heavy (non-hydrogen) atoms. The van der Waals surface area contributed by atoms with Gasteiger partial charge in [-0.15, -0.1) is 0 Å². The van der Waals surface area contributed by atoms with Crippen LogP contribution in [0.1, 0.15) is 33.3 Å². The molecule has 0 saturated carbocycles. The van der Waals surface area contributed by atoms with Gasteiger partial charge in [0.05, 0.1) is 13.2 Å². The molecule has 112 valence electrons. The Bertz CT molecular complexity index is 456. The highest BCUT2D eigenvalue weighted by atomic mass is 35.5. The standard InChI is InChI=1S/C16H25ClN2O/c1-12-11-20-8-7-19(12)15-9-14(17)6-5-13(15)10-18-16(2,3)4/h5-6,9,12,18H,7-8,10-11H2,1-4H3. The third kappa shape index (κ3) is 4.11. The van der Waals surface area contributed by atoms with Gasteiger partial charge in [0.1, 0.15) is 0 Å². The maximum absolute atomic E-state index is 6.20. The second kappa shape index (κ2) is 6.33. The van der Waals surface area contributed by atoms with Crippen molar-refractivity contribution in [3.05, 3.63) is 28.8 Å². The molecule has 0 amide bonds. The van der Waals surface area contributed by atoms with Crippen LogP contribution in [0, 0.1) is 0 Å². The Kier molecular flexibility index (Phi) is 4.95. The van der Waals surface area contributed by atoms with Crippen molar-refractivity contribution in [2.24, 2.45) is 0 Å². The first-order valence-corrected chi connectivity index (χ1v) is 7.62. The Morgan fingerprint density at radius 3 is 2.80 bits per heavy atom. The summed E-state index contributed by atoms with van der Waals surface area (Å²) in [5.41, 5.74) is 2.62. The van der Waals surface area contributed by atoms with Gasteiger partial charge in [-0.3, -0.25) is 0 Å². The summed E-state index contributed by atoms with van der Waals surface area (Å²) >= 11 is 6.20. The summed E-state index contributed by atoms with van der Waals surface area (Å²) in [6.07, 6.45) is 0. The van der Waals surface area contributed by atoms with E-state index in [-0.39, 0.29) is 5.54 Å². The predicted octanol–water partition coefficient (Wildman–Crippen LogP) is 3.45. The van der Waals surface area contributed by atoms with E-state index < -0.39 is 0 Å². The Morgan fingerprint density at radius 1 is 1.40 bits per heavy atom. The molecule has 1 aliphatic rings. The zero-order chi connectivity index (χ0) is 14.8. The van der Waals surface area contributed by atoms with Crippen LogP contribution in [0.4, 0.5) is 5.69 Å². The van der Waals surface area contributed by atoms with E-state index in [0.717, 1.165) is 31.3 Å². The van der Waals surface area contributed by atoms with Gasteiger partial charge >= 0.3 is 0 Å². The molecular formula is C16H25ClN2O. The maximum atomic E-state index is 6.20. The van der Waals surface area contributed by atoms with Crippen molar-refractivity contribution in [3.63, 3.8) is 0 Å². The molecule has 1 aliphatic heterocycles. The lowest BCUT2D eigenvalue weighted by atomic mass is 10.1. The maximum Gasteiger partial charge on any atom is 0.0668 e. The number of morpholine rings is 1. The first kappa shape index (κ1) is 15.6. The van der Waals surface area contributed by atoms with Crippen LogP contribution in [-0.2, 0) is 11.3 Å². The monoisotopic (exact) mass is 296 g/mol. The summed E-state index contributed by atoms with van der Waals surface area (Å²) in [6.45, 7) is 12.1. The fourth-order valence-corrected chi connectivity index (χ4v) is 2.57. The van der Waals surface area contributed by atoms with E-state index in [1.165, 1.54) is 11.3 Å². The van der Waals surface area contributed by atoms with Gasteiger partial charge in [-0.25, -0.2) is 0 Å². The Morgan fingerprint density at radius 2 is 2.15 bits per heavy atom. The van der Waals surface area contributed by atoms with Gasteiger partial charge in [-0.05, 0) is 45.4 Å². The molecule has 0 spiro atoms. The van der Waals surface area contributed by atoms with Crippen LogP contribution in [0.5, 0.6) is 0 Å². The highest BCUT2D eigenvalue weighted by Gasteiger charge is 2.22. The average Bonchev–Trinajstić information content (AvgIpc) is 2.37. The van der Waals surface area contributed by atoms with Crippen molar-refractivity contribution in [1.82, 2.24) is 5.32 Å². The smallest absolute Gasteiger partial charge is 0.0668 e. The number of anilines is 1. The van der Waals surface area contributed by atoms with Crippen LogP contribution in [0.3, 0.4) is 0 Å². The minimum atomic E-state index is 0.105. The van der Waals surface area contributed by atoms with Crippen molar-refractivity contribution < 1.29 is 4.74 Å². The second-order valence-electron chi connectivity index (χ2n) is 6.49. The van der Waals surface area contributed by atoms with Crippen LogP contribution >= 0.6 is 11.6 Å². The van der Waals surface area contributed by atoms with Crippen molar-refractivity contribution >= 4 is 17.3 Å². The number of hydrogen-bond acceptors (Lipinski definition) is 3. The highest BCUT2D eigenvalue weighted by Crippen LogP contribution is 2.28. The lowest BCUT2D eigenvalue weighted by molar-refractivity contribution is 0.0988. The van der Waals surface area contributed by atoms with Gasteiger partial charge < -0.3 is 15.0 Å². The van der Waals surface area contributed by atoms with Crippen LogP contribution in [-0.4, -0.2) is 31.3 Å². The lowest BCUT2D eigenvalue weighted by Gasteiger charge is -2.37. The minimum absolute atomic E-state index is 0.105. The third-order valence-corrected chi connectivity index (χ3v) is 3.77. The van der Waals surface area contributed by atoms with Crippen molar-refractivity contribution in [2.75, 3.05) is 24.7 Å². The third-order valence-electron chi connectivity index (χ3n) is 3.53. The molecule has 1 heterocycles. The van der Waals surface area contributed by atoms with Gasteiger partial charge in [0.25, 0.3) is 0 Å². The number of rotatable bonds is 3. The molecule has 4 heteroatoms. The highest BCUT2D eigenvalue weighted by molar-refractivity contribution is 6.30. The van der Waals surface area contributed by atoms with E-state index in [0.29, 0.717) is 6.04 Å². The van der Waals surface area contributed by atoms with Gasteiger partial charge in [0, 0.05) is 35.4 Å². The molecule has 0 bridgehead atoms. The first-order valence-electron chi connectivity index (χ1n) is 7.25. The summed E-state index contributed by atoms with van der Waals surface area (Å²) in [6, 6.07) is 6.55. The van der Waals surface area contributed by atoms with Gasteiger partial charge in [0.2, 0.25) is 0 Å². The van der Waals surface area contributed by atoms with Crippen molar-refractivity contribution in [3.8, 4) is 0 Å². The summed E-state index contributed by atoms with van der Waals surface area (Å²) in [5.74, 6) is 0. The van der Waals surface area contributed by atoms with E-state index in [1.807, 2.05) is 6.07 Å². The molecular weight excluding hydrogens is 272 g/mol. The van der Waals surface area contributed by atoms with E-state index in [9.17, 15) is 0 Å². The van der Waals surface area contributed by atoms with Crippen molar-refractivity contribution in [2.45, 2.75) is 45.8 Å². The lowest BCUT2D eigenvalue weighted by Crippen LogP contribution is -2.44. The molecule has 0 aliphatic carbocycles. The van der Waals surface area contributed by atoms with Gasteiger partial charge in [-0.1, -0.05) is 17.7 Å². The topological polar surface area (TPSA) is 24.5 Å². The van der Waals surface area contributed by atoms with Crippen LogP contribution < -0.4 is 10.2 Å². The van der Waals surface area contributed by atoms with Gasteiger partial charge in [0.15, 0.2) is 0 Å². The van der Waals surface area contributed by atoms with Crippen molar-refractivity contribution in [1.29, 1.82) is 0 Å². The summed E-state index contributed by atoms with van der Waals surface area (Å²) in [4.78, 5) is 2.40. The molecule has 1 N–H and O–H groups in total. The number of halogens is 1.